The lowest BCUT2D eigenvalue weighted by Crippen LogP contribution is -2.35. The fourth-order valence-electron chi connectivity index (χ4n) is 9.93. The van der Waals surface area contributed by atoms with Gasteiger partial charge in [-0.1, -0.05) is 76.6 Å². The summed E-state index contributed by atoms with van der Waals surface area (Å²) in [5.74, 6) is 1.56. The van der Waals surface area contributed by atoms with E-state index >= 15 is 0 Å². The van der Waals surface area contributed by atoms with E-state index in [4.69, 9.17) is 4.74 Å². The first kappa shape index (κ1) is 41.8. The highest BCUT2D eigenvalue weighted by Crippen LogP contribution is 2.53. The van der Waals surface area contributed by atoms with Gasteiger partial charge in [-0.05, 0) is 133 Å². The SMILES string of the molecule is Cc1cccc(/C(OCC(F)(F)F)=C2/C3CCCC2C2=C(CCCC2)C3)c1.Cc1cccc(C(=O)OCC(F)(F)F)c1.O=C1C2CCCC1C1=C(CCCC1)C2. The number of Topliss-reactive ketones (excluding diaryl/α,β-unsaturated/α-hetero) is 1. The molecule has 6 aliphatic carbocycles. The van der Waals surface area contributed by atoms with Crippen LogP contribution in [-0.4, -0.2) is 37.3 Å². The van der Waals surface area contributed by atoms with E-state index in [9.17, 15) is 35.9 Å². The fourth-order valence-corrected chi connectivity index (χ4v) is 9.93. The molecule has 6 aliphatic rings. The summed E-state index contributed by atoms with van der Waals surface area (Å²) in [5, 5.41) is 0. The Morgan fingerprint density at radius 2 is 1.12 bits per heavy atom. The van der Waals surface area contributed by atoms with E-state index in [0.29, 0.717) is 29.3 Å². The zero-order valence-corrected chi connectivity index (χ0v) is 32.6. The maximum Gasteiger partial charge on any atom is 0.422 e. The number of ether oxygens (including phenoxy) is 2. The van der Waals surface area contributed by atoms with Crippen LogP contribution in [0.4, 0.5) is 26.3 Å². The van der Waals surface area contributed by atoms with Crippen molar-refractivity contribution >= 4 is 17.5 Å². The maximum absolute atomic E-state index is 13.0. The summed E-state index contributed by atoms with van der Waals surface area (Å²) in [6.07, 6.45) is 10.2. The zero-order valence-electron chi connectivity index (χ0n) is 32.6. The van der Waals surface area contributed by atoms with Gasteiger partial charge < -0.3 is 9.47 Å². The highest BCUT2D eigenvalue weighted by Gasteiger charge is 2.41. The number of allylic oxidation sites excluding steroid dienone is 5. The molecule has 0 aliphatic heterocycles. The molecule has 56 heavy (non-hydrogen) atoms. The Morgan fingerprint density at radius 1 is 0.625 bits per heavy atom. The van der Waals surface area contributed by atoms with Crippen LogP contribution in [0.15, 0.2) is 76.4 Å². The highest BCUT2D eigenvalue weighted by atomic mass is 19.4. The number of carbonyl (C=O) groups is 2. The van der Waals surface area contributed by atoms with E-state index in [2.05, 4.69) is 4.74 Å². The Labute approximate surface area is 326 Å². The minimum absolute atomic E-state index is 0.124. The smallest absolute Gasteiger partial charge is 0.422 e. The van der Waals surface area contributed by atoms with Crippen molar-refractivity contribution < 1.29 is 45.4 Å². The Balaban J connectivity index is 0.000000155. The largest absolute Gasteiger partial charge is 0.484 e. The van der Waals surface area contributed by atoms with E-state index in [1.807, 2.05) is 31.2 Å². The van der Waals surface area contributed by atoms with Crippen molar-refractivity contribution in [2.24, 2.45) is 23.7 Å². The van der Waals surface area contributed by atoms with E-state index < -0.39 is 31.5 Å². The Kier molecular flexibility index (Phi) is 13.6. The van der Waals surface area contributed by atoms with Crippen LogP contribution in [0.2, 0.25) is 0 Å². The molecular formula is C46H54F6O4. The molecule has 4 nitrogen and oxygen atoms in total. The second kappa shape index (κ2) is 18.2. The van der Waals surface area contributed by atoms with Crippen LogP contribution in [0, 0.1) is 37.5 Å². The number of carbonyl (C=O) groups excluding carboxylic acids is 2. The minimum Gasteiger partial charge on any atom is -0.484 e. The second-order valence-corrected chi connectivity index (χ2v) is 16.5. The summed E-state index contributed by atoms with van der Waals surface area (Å²) < 4.78 is 83.8. The van der Waals surface area contributed by atoms with Crippen molar-refractivity contribution in [2.75, 3.05) is 13.2 Å². The number of hydrogen-bond donors (Lipinski definition) is 0. The van der Waals surface area contributed by atoms with Gasteiger partial charge in [-0.3, -0.25) is 4.79 Å². The van der Waals surface area contributed by atoms with Gasteiger partial charge in [0, 0.05) is 23.3 Å². The van der Waals surface area contributed by atoms with Crippen LogP contribution in [0.1, 0.15) is 130 Å². The zero-order chi connectivity index (χ0) is 40.0. The molecule has 0 radical (unpaired) electrons. The van der Waals surface area contributed by atoms with E-state index in [0.717, 1.165) is 67.2 Å². The predicted molar refractivity (Wildman–Crippen MR) is 205 cm³/mol. The Bertz CT molecular complexity index is 1830. The molecule has 304 valence electrons. The van der Waals surface area contributed by atoms with Crippen molar-refractivity contribution in [3.8, 4) is 0 Å². The maximum atomic E-state index is 13.0. The van der Waals surface area contributed by atoms with Crippen LogP contribution in [0.3, 0.4) is 0 Å². The summed E-state index contributed by atoms with van der Waals surface area (Å²) in [6.45, 7) is 0.935. The third-order valence-electron chi connectivity index (χ3n) is 12.3. The van der Waals surface area contributed by atoms with Crippen molar-refractivity contribution in [1.29, 1.82) is 0 Å². The predicted octanol–water partition coefficient (Wildman–Crippen LogP) is 12.9. The Morgan fingerprint density at radius 3 is 1.73 bits per heavy atom. The minimum atomic E-state index is -4.49. The summed E-state index contributed by atoms with van der Waals surface area (Å²) in [7, 11) is 0. The molecule has 2 aromatic rings. The topological polar surface area (TPSA) is 52.6 Å². The van der Waals surface area contributed by atoms with Gasteiger partial charge in [0.25, 0.3) is 0 Å². The third kappa shape index (κ3) is 10.8. The number of benzene rings is 2. The molecule has 0 saturated heterocycles. The molecule has 4 unspecified atom stereocenters. The molecule has 2 saturated carbocycles. The molecule has 0 amide bonds. The van der Waals surface area contributed by atoms with Crippen LogP contribution in [0.25, 0.3) is 5.76 Å². The lowest BCUT2D eigenvalue weighted by atomic mass is 9.62. The van der Waals surface area contributed by atoms with Gasteiger partial charge in [0.1, 0.15) is 11.5 Å². The van der Waals surface area contributed by atoms with Gasteiger partial charge in [-0.2, -0.15) is 26.3 Å². The molecule has 8 rings (SSSR count). The summed E-state index contributed by atoms with van der Waals surface area (Å²) in [6, 6.07) is 13.9. The molecule has 4 atom stereocenters. The molecule has 2 fully saturated rings. The number of aryl methyl sites for hydroxylation is 2. The first-order valence-corrected chi connectivity index (χ1v) is 20.4. The average molecular weight is 785 g/mol. The molecule has 0 spiro atoms. The van der Waals surface area contributed by atoms with Gasteiger partial charge in [-0.25, -0.2) is 4.79 Å². The van der Waals surface area contributed by atoms with Crippen LogP contribution in [-0.2, 0) is 14.3 Å². The quantitative estimate of drug-likeness (QED) is 0.131. The average Bonchev–Trinajstić information content (AvgIpc) is 3.14. The first-order chi connectivity index (χ1) is 26.7. The number of alkyl halides is 6. The second-order valence-electron chi connectivity index (χ2n) is 16.5. The van der Waals surface area contributed by atoms with Crippen molar-refractivity contribution in [3.63, 3.8) is 0 Å². The number of fused-ring (bicyclic) bond motifs is 6. The Hall–Kier alpha value is -3.82. The highest BCUT2D eigenvalue weighted by molar-refractivity contribution is 5.89. The summed E-state index contributed by atoms with van der Waals surface area (Å²) in [4.78, 5) is 23.1. The van der Waals surface area contributed by atoms with E-state index in [-0.39, 0.29) is 11.5 Å². The molecular weight excluding hydrogens is 730 g/mol. The number of hydrogen-bond acceptors (Lipinski definition) is 4. The molecule has 0 aromatic heterocycles. The standard InChI is InChI=1S/C23H27F3O.C13H18O.C10H9F3O2/c1-15-6-4-9-18(12-15)22(27-14-23(24,25)26)21-17-8-5-11-20(21)19-10-3-2-7-16(19)13-17;14-13-10-5-3-7-12(13)11-6-2-1-4-9(11)8-10;1-7-3-2-4-8(5-7)9(14)15-6-10(11,12)13/h4,6,9,12,17,20H,2-3,5,7-8,10-11,13-14H2,1H3;10,12H,1-8H2;2-5H,6H2,1H3/b22-21+;;. The van der Waals surface area contributed by atoms with Gasteiger partial charge in [-0.15, -0.1) is 0 Å². The van der Waals surface area contributed by atoms with Crippen LogP contribution in [0.5, 0.6) is 0 Å². The van der Waals surface area contributed by atoms with Gasteiger partial charge in [0.2, 0.25) is 0 Å². The van der Waals surface area contributed by atoms with E-state index in [1.54, 1.807) is 35.8 Å². The van der Waals surface area contributed by atoms with E-state index in [1.165, 1.54) is 75.5 Å². The number of halogens is 6. The number of esters is 1. The lowest BCUT2D eigenvalue weighted by Gasteiger charge is -2.43. The summed E-state index contributed by atoms with van der Waals surface area (Å²) in [5.41, 5.74) is 10.3. The fraction of sp³-hybridized carbons (Fsp3) is 0.565. The van der Waals surface area contributed by atoms with Crippen LogP contribution < -0.4 is 0 Å². The lowest BCUT2D eigenvalue weighted by molar-refractivity contribution is -0.161. The van der Waals surface area contributed by atoms with Crippen molar-refractivity contribution in [1.82, 2.24) is 0 Å². The normalized spacial score (nSPS) is 25.4. The molecule has 10 heteroatoms. The van der Waals surface area contributed by atoms with Gasteiger partial charge in [0.15, 0.2) is 13.2 Å². The molecule has 2 aromatic carbocycles. The third-order valence-corrected chi connectivity index (χ3v) is 12.3. The molecule has 4 bridgehead atoms. The van der Waals surface area contributed by atoms with Gasteiger partial charge >= 0.3 is 18.3 Å². The van der Waals surface area contributed by atoms with Crippen molar-refractivity contribution in [3.05, 3.63) is 98.7 Å². The first-order valence-electron chi connectivity index (χ1n) is 20.4. The summed E-state index contributed by atoms with van der Waals surface area (Å²) >= 11 is 0. The van der Waals surface area contributed by atoms with Crippen molar-refractivity contribution in [2.45, 2.75) is 129 Å². The number of ketones is 1. The molecule has 0 heterocycles. The molecule has 0 N–H and O–H groups in total. The van der Waals surface area contributed by atoms with Crippen LogP contribution >= 0.6 is 0 Å². The number of rotatable bonds is 5. The van der Waals surface area contributed by atoms with Gasteiger partial charge in [0.05, 0.1) is 5.56 Å². The monoisotopic (exact) mass is 784 g/mol.